The van der Waals surface area contributed by atoms with Gasteiger partial charge in [-0.15, -0.1) is 0 Å². The summed E-state index contributed by atoms with van der Waals surface area (Å²) in [7, 11) is 2.43. The van der Waals surface area contributed by atoms with Crippen LogP contribution in [0.25, 0.3) is 0 Å². The minimum absolute atomic E-state index is 0.0220. The van der Waals surface area contributed by atoms with Crippen LogP contribution in [-0.4, -0.2) is 43.3 Å². The molecule has 9 heteroatoms. The van der Waals surface area contributed by atoms with E-state index in [1.165, 1.54) is 14.2 Å². The maximum atomic E-state index is 12.9. The van der Waals surface area contributed by atoms with Gasteiger partial charge in [0, 0.05) is 10.0 Å². The van der Waals surface area contributed by atoms with E-state index in [0.29, 0.717) is 5.56 Å². The largest absolute Gasteiger partial charge is 0.466 e. The molecule has 1 aromatic carbocycles. The molecule has 0 radical (unpaired) electrons. The summed E-state index contributed by atoms with van der Waals surface area (Å²) in [6.45, 7) is 5.50. The van der Waals surface area contributed by atoms with E-state index in [9.17, 15) is 14.9 Å². The summed E-state index contributed by atoms with van der Waals surface area (Å²) in [6, 6.07) is 7.06. The van der Waals surface area contributed by atoms with E-state index >= 15 is 0 Å². The van der Waals surface area contributed by atoms with E-state index in [1.807, 2.05) is 26.2 Å². The predicted octanol–water partition coefficient (Wildman–Crippen LogP) is 3.73. The number of methoxy groups -OCH3 is 2. The first-order chi connectivity index (χ1) is 13.6. The number of carbonyl (C=O) groups is 2. The zero-order chi connectivity index (χ0) is 21.8. The maximum absolute atomic E-state index is 12.9. The van der Waals surface area contributed by atoms with Crippen molar-refractivity contribution in [1.29, 1.82) is 5.26 Å². The Morgan fingerprint density at radius 1 is 1.21 bits per heavy atom. The number of halogens is 1. The summed E-state index contributed by atoms with van der Waals surface area (Å²) in [5.41, 5.74) is -1.62. The molecule has 154 valence electrons. The first-order valence-corrected chi connectivity index (χ1v) is 10.3. The Kier molecular flexibility index (Phi) is 7.14. The molecule has 0 aliphatic carbocycles. The van der Waals surface area contributed by atoms with Crippen molar-refractivity contribution in [1.82, 2.24) is 0 Å². The van der Waals surface area contributed by atoms with E-state index in [-0.39, 0.29) is 22.8 Å². The lowest BCUT2D eigenvalue weighted by Crippen LogP contribution is -2.36. The fraction of sp³-hybridized carbons (Fsp3) is 0.400. The molecule has 0 aromatic heterocycles. The van der Waals surface area contributed by atoms with Crippen molar-refractivity contribution in [3.63, 3.8) is 0 Å². The summed E-state index contributed by atoms with van der Waals surface area (Å²) >= 11 is 4.28. The number of thiocyanates is 1. The molecule has 0 saturated heterocycles. The molecule has 0 N–H and O–H groups in total. The number of hydrogen-bond donors (Lipinski definition) is 0. The van der Waals surface area contributed by atoms with Gasteiger partial charge in [0.25, 0.3) is 0 Å². The summed E-state index contributed by atoms with van der Waals surface area (Å²) in [5, 5.41) is 11.2. The van der Waals surface area contributed by atoms with Crippen molar-refractivity contribution < 1.29 is 23.8 Å². The molecule has 1 aromatic rings. The molecule has 1 aliphatic heterocycles. The highest BCUT2D eigenvalue weighted by molar-refractivity contribution is 9.10. The zero-order valence-electron chi connectivity index (χ0n) is 16.7. The normalized spacial score (nSPS) is 20.2. The van der Waals surface area contributed by atoms with Crippen LogP contribution in [0.5, 0.6) is 0 Å². The molecule has 0 bridgehead atoms. The van der Waals surface area contributed by atoms with Gasteiger partial charge in [0.1, 0.15) is 16.5 Å². The minimum Gasteiger partial charge on any atom is -0.466 e. The van der Waals surface area contributed by atoms with Crippen LogP contribution >= 0.6 is 27.7 Å². The summed E-state index contributed by atoms with van der Waals surface area (Å²) in [4.78, 5) is 30.0. The first kappa shape index (κ1) is 23.0. The molecule has 7 nitrogen and oxygen atoms in total. The molecular weight excluding hydrogens is 460 g/mol. The van der Waals surface area contributed by atoms with Crippen LogP contribution in [0, 0.1) is 10.7 Å². The maximum Gasteiger partial charge on any atom is 0.344 e. The average molecular weight is 481 g/mol. The van der Waals surface area contributed by atoms with Crippen LogP contribution in [0.1, 0.15) is 26.3 Å². The van der Waals surface area contributed by atoms with Crippen molar-refractivity contribution in [2.75, 3.05) is 20.0 Å². The van der Waals surface area contributed by atoms with Crippen molar-refractivity contribution in [2.45, 2.75) is 31.9 Å². The monoisotopic (exact) mass is 480 g/mol. The van der Waals surface area contributed by atoms with Gasteiger partial charge < -0.3 is 14.2 Å². The van der Waals surface area contributed by atoms with Crippen LogP contribution in [-0.2, 0) is 29.4 Å². The van der Waals surface area contributed by atoms with Gasteiger partial charge >= 0.3 is 11.9 Å². The standard InChI is InChI=1S/C20H21BrN2O5S/c1-19(2,3)23-16-14(17(24)26-4)15(18(25)27-5)20(28-16,10-29-11-22)12-6-8-13(21)9-7-12/h6-9H,10H2,1-5H3. The third-order valence-electron chi connectivity index (χ3n) is 4.01. The van der Waals surface area contributed by atoms with Gasteiger partial charge in [0.05, 0.1) is 25.5 Å². The number of ether oxygens (including phenoxy) is 3. The quantitative estimate of drug-likeness (QED) is 0.467. The smallest absolute Gasteiger partial charge is 0.344 e. The third kappa shape index (κ3) is 4.82. The highest BCUT2D eigenvalue weighted by atomic mass is 79.9. The molecule has 1 atom stereocenters. The summed E-state index contributed by atoms with van der Waals surface area (Å²) in [5.74, 6) is -1.51. The Bertz CT molecular complexity index is 912. The van der Waals surface area contributed by atoms with Crippen molar-refractivity contribution in [3.8, 4) is 5.40 Å². The van der Waals surface area contributed by atoms with Gasteiger partial charge in [-0.1, -0.05) is 28.1 Å². The van der Waals surface area contributed by atoms with Gasteiger partial charge in [0.15, 0.2) is 5.60 Å². The Morgan fingerprint density at radius 2 is 1.79 bits per heavy atom. The summed E-state index contributed by atoms with van der Waals surface area (Å²) < 4.78 is 16.9. The van der Waals surface area contributed by atoms with Crippen LogP contribution in [0.4, 0.5) is 0 Å². The minimum atomic E-state index is -1.44. The number of carbonyl (C=O) groups excluding carboxylic acids is 2. The van der Waals surface area contributed by atoms with Crippen molar-refractivity contribution in [2.24, 2.45) is 4.99 Å². The second kappa shape index (κ2) is 9.01. The van der Waals surface area contributed by atoms with Crippen LogP contribution in [0.3, 0.4) is 0 Å². The molecular formula is C20H21BrN2O5S. The molecule has 2 rings (SSSR count). The van der Waals surface area contributed by atoms with E-state index in [4.69, 9.17) is 14.2 Å². The Hall–Kier alpha value is -2.31. The number of aliphatic imine (C=N–C) groups is 1. The van der Waals surface area contributed by atoms with Gasteiger partial charge in [-0.3, -0.25) is 0 Å². The van der Waals surface area contributed by atoms with E-state index in [0.717, 1.165) is 16.2 Å². The number of nitriles is 1. The molecule has 29 heavy (non-hydrogen) atoms. The van der Waals surface area contributed by atoms with E-state index in [1.54, 1.807) is 24.3 Å². The number of esters is 2. The fourth-order valence-corrected chi connectivity index (χ4v) is 3.76. The van der Waals surface area contributed by atoms with E-state index in [2.05, 4.69) is 20.9 Å². The molecule has 1 unspecified atom stereocenters. The Balaban J connectivity index is 2.90. The summed E-state index contributed by atoms with van der Waals surface area (Å²) in [6.07, 6.45) is 0. The predicted molar refractivity (Wildman–Crippen MR) is 113 cm³/mol. The Morgan fingerprint density at radius 3 is 2.28 bits per heavy atom. The van der Waals surface area contributed by atoms with Crippen LogP contribution < -0.4 is 0 Å². The highest BCUT2D eigenvalue weighted by Crippen LogP contribution is 2.45. The SMILES string of the molecule is COC(=O)C1=C(C(=O)OC)C(CSC#N)(c2ccc(Br)cc2)OC1=NC(C)(C)C. The van der Waals surface area contributed by atoms with Crippen molar-refractivity contribution >= 4 is 45.5 Å². The molecule has 0 saturated carbocycles. The van der Waals surface area contributed by atoms with Gasteiger partial charge in [-0.05, 0) is 44.7 Å². The lowest BCUT2D eigenvalue weighted by molar-refractivity contribution is -0.139. The van der Waals surface area contributed by atoms with Gasteiger partial charge in [-0.2, -0.15) is 5.26 Å². The number of rotatable bonds is 5. The molecule has 0 spiro atoms. The van der Waals surface area contributed by atoms with Crippen LogP contribution in [0.15, 0.2) is 44.9 Å². The first-order valence-electron chi connectivity index (χ1n) is 8.57. The lowest BCUT2D eigenvalue weighted by Gasteiger charge is -2.30. The second-order valence-electron chi connectivity index (χ2n) is 7.14. The average Bonchev–Trinajstić information content (AvgIpc) is 2.98. The molecule has 0 fully saturated rings. The van der Waals surface area contributed by atoms with Crippen molar-refractivity contribution in [3.05, 3.63) is 45.4 Å². The topological polar surface area (TPSA) is 98.0 Å². The zero-order valence-corrected chi connectivity index (χ0v) is 19.1. The Labute approximate surface area is 182 Å². The molecule has 1 heterocycles. The number of benzene rings is 1. The number of hydrogen-bond acceptors (Lipinski definition) is 8. The van der Waals surface area contributed by atoms with Gasteiger partial charge in [0.2, 0.25) is 5.90 Å². The van der Waals surface area contributed by atoms with E-state index < -0.39 is 23.1 Å². The van der Waals surface area contributed by atoms with Crippen LogP contribution in [0.2, 0.25) is 0 Å². The van der Waals surface area contributed by atoms with Gasteiger partial charge in [-0.25, -0.2) is 14.6 Å². The fourth-order valence-electron chi connectivity index (χ4n) is 2.86. The number of thioether (sulfide) groups is 1. The molecule has 0 amide bonds. The second-order valence-corrected chi connectivity index (χ2v) is 8.81. The lowest BCUT2D eigenvalue weighted by atomic mass is 9.86. The number of nitrogens with zero attached hydrogens (tertiary/aromatic N) is 2. The third-order valence-corrected chi connectivity index (χ3v) is 5.21. The molecule has 1 aliphatic rings. The highest BCUT2D eigenvalue weighted by Gasteiger charge is 2.54.